The summed E-state index contributed by atoms with van der Waals surface area (Å²) in [6.45, 7) is 3.25. The summed E-state index contributed by atoms with van der Waals surface area (Å²) in [6, 6.07) is -4.79. The normalized spacial score (nSPS) is 14.3. The van der Waals surface area contributed by atoms with Crippen LogP contribution in [0.25, 0.3) is 10.9 Å². The summed E-state index contributed by atoms with van der Waals surface area (Å²) in [7, 11) is 0. The molecule has 32 heteroatoms. The number of carboxylic acids is 6. The minimum Gasteiger partial charge on any atom is -0.508 e. The molecule has 0 aliphatic heterocycles. The summed E-state index contributed by atoms with van der Waals surface area (Å²) in [5.74, 6) is -20.9. The monoisotopic (exact) mass is 1170 g/mol. The first-order chi connectivity index (χ1) is 38.5. The number of phenols is 1. The Morgan fingerprint density at radius 1 is 0.488 bits per heavy atom. The predicted molar refractivity (Wildman–Crippen MR) is 284 cm³/mol. The van der Waals surface area contributed by atoms with Crippen LogP contribution >= 0.6 is 12.6 Å². The number of thiol groups is 1. The van der Waals surface area contributed by atoms with Crippen LogP contribution in [0.5, 0.6) is 5.75 Å². The molecule has 0 saturated heterocycles. The Morgan fingerprint density at radius 2 is 0.890 bits per heavy atom. The minimum absolute atomic E-state index is 0.125. The molecule has 0 saturated carbocycles. The molecule has 31 nitrogen and oxygen atoms in total. The van der Waals surface area contributed by atoms with Gasteiger partial charge >= 0.3 is 35.8 Å². The maximum absolute atomic E-state index is 14.4. The van der Waals surface area contributed by atoms with Gasteiger partial charge in [0, 0.05) is 42.1 Å². The van der Waals surface area contributed by atoms with Crippen LogP contribution in [-0.4, -0.2) is 184 Å². The first kappa shape index (κ1) is 66.9. The Hall–Kier alpha value is -9.33. The lowest BCUT2D eigenvalue weighted by Gasteiger charge is -2.27. The number of carbonyl (C=O) groups is 14. The van der Waals surface area contributed by atoms with Crippen molar-refractivity contribution in [2.45, 2.75) is 126 Å². The third-order valence-electron chi connectivity index (χ3n) is 11.9. The molecular formula is C50H64N10O21S. The van der Waals surface area contributed by atoms with E-state index in [2.05, 4.69) is 49.5 Å². The maximum atomic E-state index is 14.4. The van der Waals surface area contributed by atoms with E-state index in [1.807, 2.05) is 10.6 Å². The summed E-state index contributed by atoms with van der Waals surface area (Å²) in [5, 5.41) is 85.1. The van der Waals surface area contributed by atoms with E-state index in [0.717, 1.165) is 0 Å². The zero-order chi connectivity index (χ0) is 61.5. The molecule has 0 aliphatic carbocycles. The van der Waals surface area contributed by atoms with E-state index in [1.165, 1.54) is 30.5 Å². The van der Waals surface area contributed by atoms with Crippen molar-refractivity contribution in [1.29, 1.82) is 0 Å². The zero-order valence-electron chi connectivity index (χ0n) is 43.9. The quantitative estimate of drug-likeness (QED) is 0.0256. The fourth-order valence-corrected chi connectivity index (χ4v) is 8.10. The van der Waals surface area contributed by atoms with Crippen LogP contribution in [0.1, 0.15) is 69.9 Å². The van der Waals surface area contributed by atoms with Gasteiger partial charge in [0.15, 0.2) is 0 Å². The highest BCUT2D eigenvalue weighted by Gasteiger charge is 2.37. The van der Waals surface area contributed by atoms with Gasteiger partial charge in [-0.25, -0.2) is 4.79 Å². The molecule has 0 bridgehead atoms. The standard InChI is InChI=1S/C50H64N10O21S/c1-22(2)13-35(50(80)81)59-48(78)34(19-41(70)71)58-47(77)32(17-39(66)67)56-43(73)29(11-12-37(62)63)53-49(79)36(21-82)60-45(75)31(15-24-20-52-28-6-4-3-5-26(24)28)55-46(76)33(18-40(68)69)57-44(74)30(14-23-7-9-25(61)10-8-23)54-42(72)27(51)16-38(64)65/h3-10,20,22,27,29-36,52,61,82H,11-19,21,51H2,1-2H3,(H,53,79)(H,54,72)(H,55,76)(H,56,73)(H,57,74)(H,58,77)(H,59,78)(H,60,75)(H,62,63)(H,64,65)(H,66,67)(H,68,69)(H,70,71)(H,80,81)/t27-,29-,30-,31-,32-,33-,34-,35-,36-/m0/s1. The zero-order valence-corrected chi connectivity index (χ0v) is 44.8. The number of benzene rings is 2. The van der Waals surface area contributed by atoms with Gasteiger partial charge < -0.3 is 89.0 Å². The van der Waals surface area contributed by atoms with Crippen molar-refractivity contribution >= 4 is 107 Å². The first-order valence-corrected chi connectivity index (χ1v) is 25.6. The lowest BCUT2D eigenvalue weighted by molar-refractivity contribution is -0.145. The number of hydrogen-bond donors (Lipinski definition) is 18. The van der Waals surface area contributed by atoms with Crippen molar-refractivity contribution in [1.82, 2.24) is 47.5 Å². The number of aliphatic carboxylic acids is 6. The van der Waals surface area contributed by atoms with Crippen molar-refractivity contribution in [3.05, 3.63) is 65.9 Å². The third-order valence-corrected chi connectivity index (χ3v) is 12.3. The molecule has 18 N–H and O–H groups in total. The number of nitrogens with two attached hydrogens (primary N) is 1. The van der Waals surface area contributed by atoms with Crippen LogP contribution in [-0.2, 0) is 80.0 Å². The molecule has 3 rings (SSSR count). The van der Waals surface area contributed by atoms with Crippen LogP contribution in [0, 0.1) is 5.92 Å². The number of fused-ring (bicyclic) bond motifs is 1. The molecule has 82 heavy (non-hydrogen) atoms. The number of hydrogen-bond acceptors (Lipinski definition) is 17. The van der Waals surface area contributed by atoms with Gasteiger partial charge in [-0.1, -0.05) is 44.2 Å². The maximum Gasteiger partial charge on any atom is 0.326 e. The van der Waals surface area contributed by atoms with Crippen LogP contribution in [0.3, 0.4) is 0 Å². The Balaban J connectivity index is 1.96. The third kappa shape index (κ3) is 22.4. The summed E-state index contributed by atoms with van der Waals surface area (Å²) in [5.41, 5.74) is 6.95. The summed E-state index contributed by atoms with van der Waals surface area (Å²) in [6.07, 6.45) is -5.48. The fraction of sp³-hybridized carbons (Fsp3) is 0.440. The van der Waals surface area contributed by atoms with Gasteiger partial charge in [0.2, 0.25) is 47.3 Å². The van der Waals surface area contributed by atoms with Crippen LogP contribution < -0.4 is 48.3 Å². The molecule has 0 unspecified atom stereocenters. The molecule has 1 aromatic heterocycles. The summed E-state index contributed by atoms with van der Waals surface area (Å²) in [4.78, 5) is 183. The Kier molecular flexibility index (Phi) is 26.2. The first-order valence-electron chi connectivity index (χ1n) is 24.9. The van der Waals surface area contributed by atoms with Crippen LogP contribution in [0.15, 0.2) is 54.7 Å². The van der Waals surface area contributed by atoms with E-state index in [4.69, 9.17) is 5.73 Å². The molecule has 0 radical (unpaired) electrons. The van der Waals surface area contributed by atoms with Gasteiger partial charge in [-0.05, 0) is 48.1 Å². The van der Waals surface area contributed by atoms with Gasteiger partial charge in [0.1, 0.15) is 54.1 Å². The predicted octanol–water partition coefficient (Wildman–Crippen LogP) is -3.31. The highest BCUT2D eigenvalue weighted by molar-refractivity contribution is 7.80. The van der Waals surface area contributed by atoms with Crippen LogP contribution in [0.2, 0.25) is 0 Å². The average Bonchev–Trinajstić information content (AvgIpc) is 3.92. The van der Waals surface area contributed by atoms with E-state index in [0.29, 0.717) is 22.0 Å². The number of phenolic OH excluding ortho intramolecular Hbond substituents is 1. The average molecular weight is 1170 g/mol. The molecule has 1 heterocycles. The number of aromatic hydroxyl groups is 1. The van der Waals surface area contributed by atoms with Crippen molar-refractivity contribution in [2.75, 3.05) is 5.75 Å². The molecule has 3 aromatic rings. The molecule has 446 valence electrons. The second kappa shape index (κ2) is 32.1. The SMILES string of the molecule is CC(C)C[C@H](NC(=O)[C@H](CC(=O)O)NC(=O)[C@H](CC(=O)O)NC(=O)[C@H](CCC(=O)O)NC(=O)[C@H](CS)NC(=O)[C@H](Cc1c[nH]c2ccccc12)NC(=O)[C@H](CC(=O)O)NC(=O)[C@H](Cc1ccc(O)cc1)NC(=O)[C@@H](N)CC(=O)O)C(=O)O. The van der Waals surface area contributed by atoms with Gasteiger partial charge in [0.05, 0.1) is 31.7 Å². The van der Waals surface area contributed by atoms with Gasteiger partial charge in [0.25, 0.3) is 0 Å². The van der Waals surface area contributed by atoms with Gasteiger partial charge in [-0.15, -0.1) is 0 Å². The van der Waals surface area contributed by atoms with Gasteiger partial charge in [-0.3, -0.25) is 62.3 Å². The number of aromatic nitrogens is 1. The van der Waals surface area contributed by atoms with E-state index < -0.39 is 188 Å². The Labute approximate surface area is 470 Å². The lowest BCUT2D eigenvalue weighted by Crippen LogP contribution is -2.61. The van der Waals surface area contributed by atoms with Crippen molar-refractivity contribution in [2.24, 2.45) is 11.7 Å². The molecular weight excluding hydrogens is 1110 g/mol. The van der Waals surface area contributed by atoms with Crippen molar-refractivity contribution < 1.29 is 103 Å². The number of aromatic amines is 1. The molecule has 0 aliphatic rings. The number of para-hydroxylation sites is 1. The van der Waals surface area contributed by atoms with Crippen molar-refractivity contribution in [3.8, 4) is 5.75 Å². The summed E-state index contributed by atoms with van der Waals surface area (Å²) < 4.78 is 0. The second-order valence-corrected chi connectivity index (χ2v) is 19.4. The molecule has 0 spiro atoms. The smallest absolute Gasteiger partial charge is 0.326 e. The number of carboxylic acid groups (broad SMARTS) is 6. The van der Waals surface area contributed by atoms with Crippen LogP contribution in [0.4, 0.5) is 0 Å². The molecule has 9 atom stereocenters. The topological polar surface area (TPSA) is 519 Å². The van der Waals surface area contributed by atoms with Gasteiger partial charge in [-0.2, -0.15) is 12.6 Å². The highest BCUT2D eigenvalue weighted by atomic mass is 32.1. The minimum atomic E-state index is -2.17. The highest BCUT2D eigenvalue weighted by Crippen LogP contribution is 2.20. The largest absolute Gasteiger partial charge is 0.508 e. The number of amides is 8. The molecule has 2 aromatic carbocycles. The van der Waals surface area contributed by atoms with E-state index >= 15 is 0 Å². The summed E-state index contributed by atoms with van der Waals surface area (Å²) >= 11 is 4.14. The fourth-order valence-electron chi connectivity index (χ4n) is 7.85. The van der Waals surface area contributed by atoms with E-state index in [-0.39, 0.29) is 24.5 Å². The van der Waals surface area contributed by atoms with E-state index in [1.54, 1.807) is 38.1 Å². The number of carbonyl (C=O) groups excluding carboxylic acids is 8. The lowest BCUT2D eigenvalue weighted by atomic mass is 10.0. The number of H-pyrrole nitrogens is 1. The second-order valence-electron chi connectivity index (χ2n) is 19.0. The number of rotatable bonds is 35. The van der Waals surface area contributed by atoms with Crippen molar-refractivity contribution in [3.63, 3.8) is 0 Å². The molecule has 8 amide bonds. The number of nitrogens with one attached hydrogen (secondary N) is 9. The van der Waals surface area contributed by atoms with E-state index in [9.17, 15) is 103 Å². The molecule has 0 fully saturated rings. The Morgan fingerprint density at radius 3 is 1.35 bits per heavy atom. The Bertz CT molecular complexity index is 2860.